The number of rotatable bonds is 1. The van der Waals surface area contributed by atoms with Crippen LogP contribution < -0.4 is 0 Å². The molecule has 1 aliphatic rings. The van der Waals surface area contributed by atoms with Crippen LogP contribution in [-0.2, 0) is 4.74 Å². The minimum absolute atomic E-state index is 0.111. The Bertz CT molecular complexity index is 301. The van der Waals surface area contributed by atoms with Crippen molar-refractivity contribution in [1.29, 1.82) is 0 Å². The van der Waals surface area contributed by atoms with Crippen molar-refractivity contribution < 1.29 is 9.84 Å². The van der Waals surface area contributed by atoms with E-state index in [1.165, 1.54) is 5.56 Å². The van der Waals surface area contributed by atoms with Gasteiger partial charge in [-0.1, -0.05) is 11.6 Å². The van der Waals surface area contributed by atoms with Crippen molar-refractivity contribution in [2.75, 3.05) is 6.61 Å². The summed E-state index contributed by atoms with van der Waals surface area (Å²) in [6, 6.07) is 5.66. The molecule has 1 saturated heterocycles. The van der Waals surface area contributed by atoms with Crippen LogP contribution in [0, 0.1) is 6.92 Å². The Kier molecular flexibility index (Phi) is 2.23. The van der Waals surface area contributed by atoms with Crippen molar-refractivity contribution in [3.8, 4) is 5.75 Å². The third kappa shape index (κ3) is 1.68. The summed E-state index contributed by atoms with van der Waals surface area (Å²) in [5.74, 6) is 0.359. The van der Waals surface area contributed by atoms with E-state index in [0.29, 0.717) is 5.75 Å². The van der Waals surface area contributed by atoms with Gasteiger partial charge in [0.25, 0.3) is 0 Å². The second kappa shape index (κ2) is 3.38. The van der Waals surface area contributed by atoms with Crippen LogP contribution in [-0.4, -0.2) is 11.7 Å². The number of phenolic OH excluding ortho intramolecular Hbond substituents is 1. The zero-order valence-corrected chi connectivity index (χ0v) is 7.79. The van der Waals surface area contributed by atoms with Crippen LogP contribution >= 0.6 is 0 Å². The number of aromatic hydroxyl groups is 1. The van der Waals surface area contributed by atoms with Crippen molar-refractivity contribution in [2.45, 2.75) is 25.9 Å². The fourth-order valence-electron chi connectivity index (χ4n) is 1.75. The molecule has 0 aromatic heterocycles. The van der Waals surface area contributed by atoms with Gasteiger partial charge in [0, 0.05) is 12.2 Å². The molecule has 0 bridgehead atoms. The molecule has 1 heterocycles. The summed E-state index contributed by atoms with van der Waals surface area (Å²) in [5, 5.41) is 9.62. The predicted molar refractivity (Wildman–Crippen MR) is 50.8 cm³/mol. The maximum Gasteiger partial charge on any atom is 0.121 e. The van der Waals surface area contributed by atoms with Gasteiger partial charge in [-0.05, 0) is 31.9 Å². The molecule has 2 rings (SSSR count). The number of hydrogen-bond acceptors (Lipinski definition) is 2. The summed E-state index contributed by atoms with van der Waals surface area (Å²) in [6.45, 7) is 2.84. The largest absolute Gasteiger partial charge is 0.508 e. The van der Waals surface area contributed by atoms with E-state index < -0.39 is 0 Å². The SMILES string of the molecule is Cc1ccc(O)c(C2CCCO2)c1. The van der Waals surface area contributed by atoms with Crippen molar-refractivity contribution in [3.63, 3.8) is 0 Å². The predicted octanol–water partition coefficient (Wildman–Crippen LogP) is 2.55. The van der Waals surface area contributed by atoms with Gasteiger partial charge in [-0.25, -0.2) is 0 Å². The molecule has 13 heavy (non-hydrogen) atoms. The highest BCUT2D eigenvalue weighted by Gasteiger charge is 2.20. The Labute approximate surface area is 78.2 Å². The Morgan fingerprint density at radius 3 is 3.00 bits per heavy atom. The van der Waals surface area contributed by atoms with Crippen LogP contribution in [0.5, 0.6) is 5.75 Å². The lowest BCUT2D eigenvalue weighted by atomic mass is 10.0. The second-order valence-electron chi connectivity index (χ2n) is 3.56. The number of aryl methyl sites for hydroxylation is 1. The molecule has 0 spiro atoms. The average molecular weight is 178 g/mol. The van der Waals surface area contributed by atoms with Gasteiger partial charge in [-0.2, -0.15) is 0 Å². The zero-order valence-electron chi connectivity index (χ0n) is 7.79. The van der Waals surface area contributed by atoms with E-state index in [2.05, 4.69) is 0 Å². The maximum absolute atomic E-state index is 9.62. The Morgan fingerprint density at radius 2 is 2.31 bits per heavy atom. The molecule has 1 aliphatic heterocycles. The minimum atomic E-state index is 0.111. The number of ether oxygens (including phenoxy) is 1. The van der Waals surface area contributed by atoms with E-state index in [1.54, 1.807) is 6.07 Å². The summed E-state index contributed by atoms with van der Waals surface area (Å²) >= 11 is 0. The van der Waals surface area contributed by atoms with E-state index in [4.69, 9.17) is 4.74 Å². The van der Waals surface area contributed by atoms with Crippen LogP contribution in [0.4, 0.5) is 0 Å². The molecule has 70 valence electrons. The molecule has 2 nitrogen and oxygen atoms in total. The first-order valence-electron chi connectivity index (χ1n) is 4.68. The molecule has 1 aromatic carbocycles. The highest BCUT2D eigenvalue weighted by atomic mass is 16.5. The van der Waals surface area contributed by atoms with Gasteiger partial charge in [-0.3, -0.25) is 0 Å². The van der Waals surface area contributed by atoms with E-state index in [1.807, 2.05) is 19.1 Å². The van der Waals surface area contributed by atoms with E-state index >= 15 is 0 Å². The summed E-state index contributed by atoms with van der Waals surface area (Å²) in [6.07, 6.45) is 2.23. The molecular weight excluding hydrogens is 164 g/mol. The fraction of sp³-hybridized carbons (Fsp3) is 0.455. The van der Waals surface area contributed by atoms with Crippen LogP contribution in [0.3, 0.4) is 0 Å². The van der Waals surface area contributed by atoms with Gasteiger partial charge >= 0.3 is 0 Å². The van der Waals surface area contributed by atoms with Gasteiger partial charge in [0.1, 0.15) is 5.75 Å². The van der Waals surface area contributed by atoms with Crippen molar-refractivity contribution in [3.05, 3.63) is 29.3 Å². The molecular formula is C11H14O2. The van der Waals surface area contributed by atoms with E-state index in [-0.39, 0.29) is 6.10 Å². The van der Waals surface area contributed by atoms with E-state index in [9.17, 15) is 5.11 Å². The lowest BCUT2D eigenvalue weighted by Crippen LogP contribution is -1.96. The first-order valence-corrected chi connectivity index (χ1v) is 4.68. The molecule has 0 amide bonds. The number of phenols is 1. The normalized spacial score (nSPS) is 22.1. The van der Waals surface area contributed by atoms with Gasteiger partial charge in [0.15, 0.2) is 0 Å². The number of hydrogen-bond donors (Lipinski definition) is 1. The molecule has 0 aliphatic carbocycles. The third-order valence-electron chi connectivity index (χ3n) is 2.46. The van der Waals surface area contributed by atoms with Gasteiger partial charge in [-0.15, -0.1) is 0 Å². The molecule has 1 atom stereocenters. The van der Waals surface area contributed by atoms with Gasteiger partial charge in [0.05, 0.1) is 6.10 Å². The molecule has 1 fully saturated rings. The van der Waals surface area contributed by atoms with Crippen LogP contribution in [0.1, 0.15) is 30.1 Å². The summed E-state index contributed by atoms with van der Waals surface area (Å²) in [5.41, 5.74) is 2.11. The molecule has 2 heteroatoms. The fourth-order valence-corrected chi connectivity index (χ4v) is 1.75. The highest BCUT2D eigenvalue weighted by molar-refractivity contribution is 5.37. The zero-order chi connectivity index (χ0) is 9.26. The van der Waals surface area contributed by atoms with Crippen LogP contribution in [0.25, 0.3) is 0 Å². The molecule has 1 N–H and O–H groups in total. The average Bonchev–Trinajstić information content (AvgIpc) is 2.61. The monoisotopic (exact) mass is 178 g/mol. The topological polar surface area (TPSA) is 29.5 Å². The molecule has 1 unspecified atom stereocenters. The first kappa shape index (κ1) is 8.57. The summed E-state index contributed by atoms with van der Waals surface area (Å²) in [4.78, 5) is 0. The smallest absolute Gasteiger partial charge is 0.121 e. The highest BCUT2D eigenvalue weighted by Crippen LogP contribution is 2.34. The van der Waals surface area contributed by atoms with Crippen LogP contribution in [0.2, 0.25) is 0 Å². The quantitative estimate of drug-likeness (QED) is 0.716. The Morgan fingerprint density at radius 1 is 1.46 bits per heavy atom. The molecule has 0 radical (unpaired) electrons. The Balaban J connectivity index is 2.32. The Hall–Kier alpha value is -1.02. The molecule has 1 aromatic rings. The van der Waals surface area contributed by atoms with E-state index in [0.717, 1.165) is 25.0 Å². The lowest BCUT2D eigenvalue weighted by Gasteiger charge is -2.12. The standard InChI is InChI=1S/C11H14O2/c1-8-4-5-10(12)9(7-8)11-3-2-6-13-11/h4-5,7,11-12H,2-3,6H2,1H3. The van der Waals surface area contributed by atoms with Crippen LogP contribution in [0.15, 0.2) is 18.2 Å². The second-order valence-corrected chi connectivity index (χ2v) is 3.56. The third-order valence-corrected chi connectivity index (χ3v) is 2.46. The minimum Gasteiger partial charge on any atom is -0.508 e. The van der Waals surface area contributed by atoms with Gasteiger partial charge < -0.3 is 9.84 Å². The summed E-state index contributed by atoms with van der Waals surface area (Å²) in [7, 11) is 0. The van der Waals surface area contributed by atoms with Crippen molar-refractivity contribution in [2.24, 2.45) is 0 Å². The lowest BCUT2D eigenvalue weighted by molar-refractivity contribution is 0.110. The number of benzene rings is 1. The summed E-state index contributed by atoms with van der Waals surface area (Å²) < 4.78 is 5.51. The first-order chi connectivity index (χ1) is 6.27. The van der Waals surface area contributed by atoms with Gasteiger partial charge in [0.2, 0.25) is 0 Å². The molecule has 0 saturated carbocycles. The van der Waals surface area contributed by atoms with Crippen molar-refractivity contribution >= 4 is 0 Å². The van der Waals surface area contributed by atoms with Crippen molar-refractivity contribution in [1.82, 2.24) is 0 Å². The maximum atomic E-state index is 9.62.